The zero-order valence-corrected chi connectivity index (χ0v) is 10.9. The molecule has 0 aliphatic carbocycles. The minimum atomic E-state index is -0.0599. The molecule has 0 saturated carbocycles. The van der Waals surface area contributed by atoms with Gasteiger partial charge in [-0.25, -0.2) is 4.98 Å². The highest BCUT2D eigenvalue weighted by Crippen LogP contribution is 2.10. The Morgan fingerprint density at radius 1 is 1.28 bits per heavy atom. The number of H-pyrrole nitrogens is 1. The van der Waals surface area contributed by atoms with Crippen molar-refractivity contribution in [2.24, 2.45) is 0 Å². The molecule has 0 aromatic carbocycles. The second-order valence-corrected chi connectivity index (χ2v) is 4.65. The average molecular weight is 252 g/mol. The Bertz CT molecular complexity index is 464. The van der Waals surface area contributed by atoms with Crippen molar-refractivity contribution in [1.29, 1.82) is 0 Å². The van der Waals surface area contributed by atoms with Crippen molar-refractivity contribution in [2.75, 3.05) is 44.2 Å². The molecule has 0 bridgehead atoms. The fourth-order valence-electron chi connectivity index (χ4n) is 2.10. The lowest BCUT2D eigenvalue weighted by Crippen LogP contribution is -2.48. The number of nitrogens with one attached hydrogen (secondary N) is 1. The van der Waals surface area contributed by atoms with Gasteiger partial charge in [-0.05, 0) is 13.8 Å². The number of aliphatic hydroxyl groups is 1. The molecule has 0 spiro atoms. The first-order valence-corrected chi connectivity index (χ1v) is 6.27. The molecule has 2 N–H and O–H groups in total. The predicted molar refractivity (Wildman–Crippen MR) is 70.1 cm³/mol. The fourth-order valence-corrected chi connectivity index (χ4v) is 2.10. The lowest BCUT2D eigenvalue weighted by Gasteiger charge is -2.34. The Morgan fingerprint density at radius 3 is 2.50 bits per heavy atom. The summed E-state index contributed by atoms with van der Waals surface area (Å²) in [5, 5.41) is 8.89. The third-order valence-electron chi connectivity index (χ3n) is 3.47. The van der Waals surface area contributed by atoms with Gasteiger partial charge in [0.1, 0.15) is 0 Å². The van der Waals surface area contributed by atoms with Crippen LogP contribution in [0.15, 0.2) is 4.79 Å². The third-order valence-corrected chi connectivity index (χ3v) is 3.47. The van der Waals surface area contributed by atoms with Crippen LogP contribution in [0.25, 0.3) is 0 Å². The summed E-state index contributed by atoms with van der Waals surface area (Å²) in [6, 6.07) is 0. The highest BCUT2D eigenvalue weighted by Gasteiger charge is 2.18. The molecule has 0 amide bonds. The monoisotopic (exact) mass is 252 g/mol. The molecule has 0 atom stereocenters. The van der Waals surface area contributed by atoms with E-state index in [1.165, 1.54) is 0 Å². The number of aromatic nitrogens is 2. The minimum Gasteiger partial charge on any atom is -0.395 e. The van der Waals surface area contributed by atoms with Crippen LogP contribution in [0.5, 0.6) is 0 Å². The average Bonchev–Trinajstić information content (AvgIpc) is 2.37. The van der Waals surface area contributed by atoms with Crippen LogP contribution in [0.2, 0.25) is 0 Å². The van der Waals surface area contributed by atoms with Crippen LogP contribution >= 0.6 is 0 Å². The summed E-state index contributed by atoms with van der Waals surface area (Å²) in [4.78, 5) is 23.2. The van der Waals surface area contributed by atoms with E-state index in [0.717, 1.165) is 31.9 Å². The number of hydrogen-bond donors (Lipinski definition) is 2. The van der Waals surface area contributed by atoms with Gasteiger partial charge >= 0.3 is 0 Å². The van der Waals surface area contributed by atoms with Gasteiger partial charge in [0.2, 0.25) is 5.95 Å². The highest BCUT2D eigenvalue weighted by atomic mass is 16.3. The number of nitrogens with zero attached hydrogens (tertiary/aromatic N) is 3. The number of anilines is 1. The molecule has 0 unspecified atom stereocenters. The van der Waals surface area contributed by atoms with Crippen molar-refractivity contribution in [3.05, 3.63) is 21.6 Å². The Labute approximate surface area is 106 Å². The van der Waals surface area contributed by atoms with Gasteiger partial charge in [-0.1, -0.05) is 0 Å². The number of rotatable bonds is 3. The summed E-state index contributed by atoms with van der Waals surface area (Å²) in [6.07, 6.45) is 0. The number of aromatic amines is 1. The molecule has 18 heavy (non-hydrogen) atoms. The number of aryl methyl sites for hydroxylation is 1. The number of hydrogen-bond acceptors (Lipinski definition) is 5. The van der Waals surface area contributed by atoms with Gasteiger partial charge in [-0.3, -0.25) is 14.7 Å². The fraction of sp³-hybridized carbons (Fsp3) is 0.667. The SMILES string of the molecule is Cc1nc(N2CCN(CCO)CC2)[nH]c(=O)c1C. The number of aliphatic hydroxyl groups excluding tert-OH is 1. The molecule has 1 aliphatic rings. The van der Waals surface area contributed by atoms with Crippen LogP contribution in [0.3, 0.4) is 0 Å². The number of piperazine rings is 1. The van der Waals surface area contributed by atoms with E-state index in [1.54, 1.807) is 6.92 Å². The van der Waals surface area contributed by atoms with Crippen molar-refractivity contribution >= 4 is 5.95 Å². The van der Waals surface area contributed by atoms with Crippen LogP contribution in [0, 0.1) is 13.8 Å². The van der Waals surface area contributed by atoms with Gasteiger partial charge in [0, 0.05) is 44.0 Å². The van der Waals surface area contributed by atoms with Crippen molar-refractivity contribution in [3.8, 4) is 0 Å². The van der Waals surface area contributed by atoms with Gasteiger partial charge in [0.05, 0.1) is 6.61 Å². The second kappa shape index (κ2) is 5.49. The van der Waals surface area contributed by atoms with E-state index >= 15 is 0 Å². The Morgan fingerprint density at radius 2 is 1.94 bits per heavy atom. The maximum atomic E-state index is 11.7. The molecule has 1 aromatic rings. The van der Waals surface area contributed by atoms with Crippen molar-refractivity contribution < 1.29 is 5.11 Å². The zero-order valence-electron chi connectivity index (χ0n) is 10.9. The topological polar surface area (TPSA) is 72.5 Å². The summed E-state index contributed by atoms with van der Waals surface area (Å²) in [5.74, 6) is 0.659. The van der Waals surface area contributed by atoms with Gasteiger partial charge in [-0.15, -0.1) is 0 Å². The maximum absolute atomic E-state index is 11.7. The molecule has 6 heteroatoms. The smallest absolute Gasteiger partial charge is 0.255 e. The van der Waals surface area contributed by atoms with E-state index in [-0.39, 0.29) is 12.2 Å². The third kappa shape index (κ3) is 2.70. The van der Waals surface area contributed by atoms with Crippen molar-refractivity contribution in [1.82, 2.24) is 14.9 Å². The molecule has 100 valence electrons. The van der Waals surface area contributed by atoms with Gasteiger partial charge in [0.15, 0.2) is 0 Å². The number of β-amino-alcohol motifs (C(OH)–C–C–N with tert-alkyl or cyclic N) is 1. The molecule has 1 fully saturated rings. The normalized spacial score (nSPS) is 17.2. The standard InChI is InChI=1S/C12H20N4O2/c1-9-10(2)13-12(14-11(9)18)16-5-3-15(4-6-16)7-8-17/h17H,3-8H2,1-2H3,(H,13,14,18). The van der Waals surface area contributed by atoms with Crippen molar-refractivity contribution in [3.63, 3.8) is 0 Å². The lowest BCUT2D eigenvalue weighted by molar-refractivity contribution is 0.188. The van der Waals surface area contributed by atoms with E-state index in [9.17, 15) is 4.79 Å². The van der Waals surface area contributed by atoms with E-state index < -0.39 is 0 Å². The van der Waals surface area contributed by atoms with Crippen molar-refractivity contribution in [2.45, 2.75) is 13.8 Å². The van der Waals surface area contributed by atoms with Gasteiger partial charge < -0.3 is 10.0 Å². The Kier molecular flexibility index (Phi) is 3.98. The lowest BCUT2D eigenvalue weighted by atomic mass is 10.2. The summed E-state index contributed by atoms with van der Waals surface area (Å²) in [7, 11) is 0. The van der Waals surface area contributed by atoms with E-state index in [2.05, 4.69) is 19.8 Å². The first kappa shape index (κ1) is 13.0. The minimum absolute atomic E-state index is 0.0599. The van der Waals surface area contributed by atoms with Gasteiger partial charge in [0.25, 0.3) is 5.56 Å². The molecular formula is C12H20N4O2. The first-order valence-electron chi connectivity index (χ1n) is 6.27. The largest absolute Gasteiger partial charge is 0.395 e. The molecule has 6 nitrogen and oxygen atoms in total. The van der Waals surface area contributed by atoms with Crippen LogP contribution < -0.4 is 10.5 Å². The van der Waals surface area contributed by atoms with Crippen LogP contribution in [-0.2, 0) is 0 Å². The van der Waals surface area contributed by atoms with E-state index in [1.807, 2.05) is 6.92 Å². The van der Waals surface area contributed by atoms with Crippen LogP contribution in [-0.4, -0.2) is 59.3 Å². The maximum Gasteiger partial charge on any atom is 0.255 e. The summed E-state index contributed by atoms with van der Waals surface area (Å²) >= 11 is 0. The molecule has 1 saturated heterocycles. The van der Waals surface area contributed by atoms with E-state index in [4.69, 9.17) is 5.11 Å². The molecule has 2 rings (SSSR count). The molecule has 2 heterocycles. The first-order chi connectivity index (χ1) is 8.61. The molecule has 1 aromatic heterocycles. The Balaban J connectivity index is 2.08. The quantitative estimate of drug-likeness (QED) is 0.759. The van der Waals surface area contributed by atoms with Crippen LogP contribution in [0.1, 0.15) is 11.3 Å². The summed E-state index contributed by atoms with van der Waals surface area (Å²) < 4.78 is 0. The highest BCUT2D eigenvalue weighted by molar-refractivity contribution is 5.33. The molecular weight excluding hydrogens is 232 g/mol. The molecule has 0 radical (unpaired) electrons. The summed E-state index contributed by atoms with van der Waals surface area (Å²) in [5.41, 5.74) is 1.40. The van der Waals surface area contributed by atoms with Gasteiger partial charge in [-0.2, -0.15) is 0 Å². The zero-order chi connectivity index (χ0) is 13.1. The van der Waals surface area contributed by atoms with E-state index in [0.29, 0.717) is 18.1 Å². The summed E-state index contributed by atoms with van der Waals surface area (Å²) in [6.45, 7) is 7.97. The Hall–Kier alpha value is -1.40. The van der Waals surface area contributed by atoms with Crippen LogP contribution in [0.4, 0.5) is 5.95 Å². The predicted octanol–water partition coefficient (Wildman–Crippen LogP) is -0.499. The second-order valence-electron chi connectivity index (χ2n) is 4.65. The molecule has 1 aliphatic heterocycles.